The number of allylic oxidation sites excluding steroid dienone is 1. The number of hydrogen-bond acceptors (Lipinski definition) is 3. The minimum Gasteiger partial charge on any atom is -0.356 e. The molecule has 0 bridgehead atoms. The molecule has 3 rings (SSSR count). The molecule has 0 aliphatic carbocycles. The fourth-order valence-electron chi connectivity index (χ4n) is 3.20. The highest BCUT2D eigenvalue weighted by molar-refractivity contribution is 5.92. The van der Waals surface area contributed by atoms with Crippen LogP contribution in [0.5, 0.6) is 0 Å². The highest BCUT2D eigenvalue weighted by atomic mass is 19.4. The summed E-state index contributed by atoms with van der Waals surface area (Å²) in [6.45, 7) is 1.19. The van der Waals surface area contributed by atoms with Crippen molar-refractivity contribution in [3.05, 3.63) is 65.1 Å². The molecule has 0 unspecified atom stereocenters. The third kappa shape index (κ3) is 4.35. The molecule has 1 aromatic carbocycles. The van der Waals surface area contributed by atoms with Gasteiger partial charge in [-0.2, -0.15) is 13.2 Å². The van der Waals surface area contributed by atoms with Gasteiger partial charge in [-0.05, 0) is 60.7 Å². The summed E-state index contributed by atoms with van der Waals surface area (Å²) in [5.74, 6) is -0.243. The number of anilines is 1. The maximum atomic E-state index is 13.3. The molecule has 1 aromatic heterocycles. The van der Waals surface area contributed by atoms with Crippen molar-refractivity contribution >= 4 is 17.7 Å². The second kappa shape index (κ2) is 7.90. The van der Waals surface area contributed by atoms with Gasteiger partial charge >= 0.3 is 6.18 Å². The Bertz CT molecular complexity index is 838. The molecule has 0 spiro atoms. The molecule has 1 aliphatic rings. The minimum atomic E-state index is -4.56. The molecule has 2 aromatic rings. The molecule has 0 amide bonds. The molecule has 1 aliphatic heterocycles. The molecule has 0 radical (unpaired) electrons. The summed E-state index contributed by atoms with van der Waals surface area (Å²) in [7, 11) is 0. The summed E-state index contributed by atoms with van der Waals surface area (Å²) in [5.41, 5.74) is 0.384. The van der Waals surface area contributed by atoms with Gasteiger partial charge in [-0.15, -0.1) is 0 Å². The Labute approximate surface area is 154 Å². The van der Waals surface area contributed by atoms with Crippen LogP contribution in [0.2, 0.25) is 0 Å². The van der Waals surface area contributed by atoms with Crippen LogP contribution in [-0.4, -0.2) is 24.4 Å². The predicted molar refractivity (Wildman–Crippen MR) is 94.8 cm³/mol. The molecular weight excluding hydrogens is 360 g/mol. The monoisotopic (exact) mass is 378 g/mol. The van der Waals surface area contributed by atoms with Gasteiger partial charge in [0.05, 0.1) is 0 Å². The molecule has 2 heterocycles. The van der Waals surface area contributed by atoms with Crippen LogP contribution in [0.4, 0.5) is 23.4 Å². The van der Waals surface area contributed by atoms with Crippen molar-refractivity contribution in [3.63, 3.8) is 0 Å². The van der Waals surface area contributed by atoms with E-state index >= 15 is 0 Å². The van der Waals surface area contributed by atoms with Crippen LogP contribution in [0.25, 0.3) is 5.57 Å². The summed E-state index contributed by atoms with van der Waals surface area (Å²) in [5, 5.41) is 0. The molecular formula is C20H18F4N2O. The summed E-state index contributed by atoms with van der Waals surface area (Å²) in [4.78, 5) is 16.9. The summed E-state index contributed by atoms with van der Waals surface area (Å²) in [6.07, 6.45) is 0.00978. The van der Waals surface area contributed by atoms with Crippen molar-refractivity contribution in [1.82, 2.24) is 4.98 Å². The van der Waals surface area contributed by atoms with Crippen molar-refractivity contribution in [2.75, 3.05) is 18.0 Å². The number of carbonyl (C=O) groups excluding carboxylic acids is 1. The van der Waals surface area contributed by atoms with E-state index in [1.54, 1.807) is 0 Å². The lowest BCUT2D eigenvalue weighted by atomic mass is 9.96. The maximum absolute atomic E-state index is 13.3. The number of nitrogens with zero attached hydrogens (tertiary/aromatic N) is 2. The van der Waals surface area contributed by atoms with E-state index in [2.05, 4.69) is 4.98 Å². The largest absolute Gasteiger partial charge is 0.433 e. The van der Waals surface area contributed by atoms with Gasteiger partial charge in [0.15, 0.2) is 0 Å². The highest BCUT2D eigenvalue weighted by Crippen LogP contribution is 2.36. The van der Waals surface area contributed by atoms with Gasteiger partial charge in [0.1, 0.15) is 23.6 Å². The first-order valence-corrected chi connectivity index (χ1v) is 8.65. The number of aldehydes is 1. The summed E-state index contributed by atoms with van der Waals surface area (Å²) in [6, 6.07) is 7.70. The second-order valence-corrected chi connectivity index (χ2v) is 6.34. The Morgan fingerprint density at radius 2 is 1.67 bits per heavy atom. The molecule has 3 nitrogen and oxygen atoms in total. The first-order valence-electron chi connectivity index (χ1n) is 8.65. The molecule has 0 saturated carbocycles. The second-order valence-electron chi connectivity index (χ2n) is 6.34. The van der Waals surface area contributed by atoms with Gasteiger partial charge in [0, 0.05) is 18.7 Å². The number of benzene rings is 1. The standard InChI is InChI=1S/C20H18F4N2O/c21-15-6-4-14(5-7-15)16(10-13-27)17-8-9-18(20(22,23)24)25-19(17)26-11-2-1-3-12-26/h4-10,13H,1-3,11-12H2/b16-10+. The number of pyridine rings is 1. The number of hydrogen-bond donors (Lipinski definition) is 0. The first-order chi connectivity index (χ1) is 12.9. The van der Waals surface area contributed by atoms with Crippen molar-refractivity contribution < 1.29 is 22.4 Å². The topological polar surface area (TPSA) is 33.2 Å². The average molecular weight is 378 g/mol. The normalized spacial score (nSPS) is 15.7. The number of alkyl halides is 3. The van der Waals surface area contributed by atoms with Gasteiger partial charge in [-0.25, -0.2) is 9.37 Å². The Hall–Kier alpha value is -2.70. The fourth-order valence-corrected chi connectivity index (χ4v) is 3.20. The zero-order valence-corrected chi connectivity index (χ0v) is 14.5. The van der Waals surface area contributed by atoms with E-state index in [0.29, 0.717) is 36.1 Å². The van der Waals surface area contributed by atoms with Gasteiger partial charge in [-0.1, -0.05) is 12.1 Å². The molecule has 27 heavy (non-hydrogen) atoms. The first kappa shape index (κ1) is 19.1. The van der Waals surface area contributed by atoms with Crippen LogP contribution < -0.4 is 4.90 Å². The summed E-state index contributed by atoms with van der Waals surface area (Å²) < 4.78 is 52.8. The Morgan fingerprint density at radius 3 is 2.26 bits per heavy atom. The van der Waals surface area contributed by atoms with Crippen LogP contribution >= 0.6 is 0 Å². The van der Waals surface area contributed by atoms with Crippen LogP contribution in [-0.2, 0) is 11.0 Å². The van der Waals surface area contributed by atoms with Crippen LogP contribution in [0.15, 0.2) is 42.5 Å². The third-order valence-electron chi connectivity index (χ3n) is 4.50. The third-order valence-corrected chi connectivity index (χ3v) is 4.50. The highest BCUT2D eigenvalue weighted by Gasteiger charge is 2.34. The smallest absolute Gasteiger partial charge is 0.356 e. The number of rotatable bonds is 4. The minimum absolute atomic E-state index is 0.196. The van der Waals surface area contributed by atoms with E-state index in [1.807, 2.05) is 4.90 Å². The van der Waals surface area contributed by atoms with Gasteiger partial charge in [0.2, 0.25) is 0 Å². The molecule has 0 N–H and O–H groups in total. The fraction of sp³-hybridized carbons (Fsp3) is 0.300. The van der Waals surface area contributed by atoms with E-state index in [-0.39, 0.29) is 5.82 Å². The zero-order chi connectivity index (χ0) is 19.4. The zero-order valence-electron chi connectivity index (χ0n) is 14.5. The van der Waals surface area contributed by atoms with E-state index in [4.69, 9.17) is 0 Å². The molecule has 7 heteroatoms. The Balaban J connectivity index is 2.15. The van der Waals surface area contributed by atoms with Gasteiger partial charge in [-0.3, -0.25) is 4.79 Å². The lowest BCUT2D eigenvalue weighted by molar-refractivity contribution is -0.141. The van der Waals surface area contributed by atoms with E-state index < -0.39 is 17.7 Å². The average Bonchev–Trinajstić information content (AvgIpc) is 2.66. The quantitative estimate of drug-likeness (QED) is 0.433. The van der Waals surface area contributed by atoms with Gasteiger partial charge in [0.25, 0.3) is 0 Å². The lowest BCUT2D eigenvalue weighted by Gasteiger charge is -2.30. The Morgan fingerprint density at radius 1 is 1.00 bits per heavy atom. The lowest BCUT2D eigenvalue weighted by Crippen LogP contribution is -2.31. The van der Waals surface area contributed by atoms with Gasteiger partial charge < -0.3 is 4.90 Å². The number of piperidine rings is 1. The van der Waals surface area contributed by atoms with Crippen molar-refractivity contribution in [2.24, 2.45) is 0 Å². The number of aromatic nitrogens is 1. The van der Waals surface area contributed by atoms with E-state index in [9.17, 15) is 22.4 Å². The SMILES string of the molecule is O=C/C=C(\c1ccc(F)cc1)c1ccc(C(F)(F)F)nc1N1CCCCC1. The molecule has 0 atom stereocenters. The van der Waals surface area contributed by atoms with E-state index in [1.165, 1.54) is 36.4 Å². The molecule has 1 saturated heterocycles. The van der Waals surface area contributed by atoms with Crippen molar-refractivity contribution in [2.45, 2.75) is 25.4 Å². The van der Waals surface area contributed by atoms with E-state index in [0.717, 1.165) is 25.3 Å². The van der Waals surface area contributed by atoms with Crippen molar-refractivity contribution in [3.8, 4) is 0 Å². The molecule has 142 valence electrons. The predicted octanol–water partition coefficient (Wildman–Crippen LogP) is 4.86. The number of halogens is 4. The Kier molecular flexibility index (Phi) is 5.58. The summed E-state index contributed by atoms with van der Waals surface area (Å²) >= 11 is 0. The van der Waals surface area contributed by atoms with Crippen LogP contribution in [0.3, 0.4) is 0 Å². The maximum Gasteiger partial charge on any atom is 0.433 e. The van der Waals surface area contributed by atoms with Crippen LogP contribution in [0.1, 0.15) is 36.1 Å². The van der Waals surface area contributed by atoms with Crippen molar-refractivity contribution in [1.29, 1.82) is 0 Å². The number of carbonyl (C=O) groups is 1. The molecule has 1 fully saturated rings. The van der Waals surface area contributed by atoms with Crippen LogP contribution in [0, 0.1) is 5.82 Å².